The molecule has 1 aromatic heterocycles. The Morgan fingerprint density at radius 3 is 2.94 bits per heavy atom. The molecule has 0 bridgehead atoms. The van der Waals surface area contributed by atoms with Crippen LogP contribution in [0.4, 0.5) is 0 Å². The lowest BCUT2D eigenvalue weighted by Crippen LogP contribution is -2.07. The highest BCUT2D eigenvalue weighted by atomic mass is 32.1. The molecule has 0 atom stereocenters. The third kappa shape index (κ3) is 2.91. The zero-order chi connectivity index (χ0) is 12.3. The number of hydrogen-bond acceptors (Lipinski definition) is 4. The standard InChI is InChI=1S/C13H13NO2S/c1-9(2)13(15)16-8-7-12-14-10-5-3-4-6-11(10)17-12/h3-6H,1,7-8H2,2H3. The lowest BCUT2D eigenvalue weighted by Gasteiger charge is -2.01. The van der Waals surface area contributed by atoms with E-state index in [0.717, 1.165) is 15.2 Å². The zero-order valence-electron chi connectivity index (χ0n) is 9.60. The maximum atomic E-state index is 11.2. The first-order valence-corrected chi connectivity index (χ1v) is 6.15. The van der Waals surface area contributed by atoms with E-state index in [-0.39, 0.29) is 5.97 Å². The fraction of sp³-hybridized carbons (Fsp3) is 0.231. The first-order chi connectivity index (χ1) is 8.16. The summed E-state index contributed by atoms with van der Waals surface area (Å²) in [6.07, 6.45) is 0.651. The Bertz CT molecular complexity index is 526. The van der Waals surface area contributed by atoms with Gasteiger partial charge in [-0.05, 0) is 19.1 Å². The van der Waals surface area contributed by atoms with Gasteiger partial charge in [-0.2, -0.15) is 0 Å². The molecular formula is C13H13NO2S. The second-order valence-electron chi connectivity index (χ2n) is 3.74. The van der Waals surface area contributed by atoms with Crippen molar-refractivity contribution in [2.24, 2.45) is 0 Å². The third-order valence-corrected chi connectivity index (χ3v) is 3.33. The van der Waals surface area contributed by atoms with Crippen LogP contribution >= 0.6 is 11.3 Å². The van der Waals surface area contributed by atoms with Gasteiger partial charge in [0.05, 0.1) is 21.8 Å². The molecular weight excluding hydrogens is 234 g/mol. The van der Waals surface area contributed by atoms with Gasteiger partial charge in [0.25, 0.3) is 0 Å². The number of esters is 1. The molecule has 2 rings (SSSR count). The van der Waals surface area contributed by atoms with Gasteiger partial charge in [0.1, 0.15) is 0 Å². The van der Waals surface area contributed by atoms with Crippen LogP contribution in [0.2, 0.25) is 0 Å². The molecule has 1 heterocycles. The Kier molecular flexibility index (Phi) is 3.54. The van der Waals surface area contributed by atoms with E-state index in [1.165, 1.54) is 0 Å². The molecule has 2 aromatic rings. The summed E-state index contributed by atoms with van der Waals surface area (Å²) in [5, 5.41) is 0.987. The minimum Gasteiger partial charge on any atom is -0.462 e. The van der Waals surface area contributed by atoms with Gasteiger partial charge in [-0.25, -0.2) is 9.78 Å². The average molecular weight is 247 g/mol. The molecule has 0 radical (unpaired) electrons. The second-order valence-corrected chi connectivity index (χ2v) is 4.86. The number of ether oxygens (including phenoxy) is 1. The van der Waals surface area contributed by atoms with Gasteiger partial charge in [0.15, 0.2) is 0 Å². The summed E-state index contributed by atoms with van der Waals surface area (Å²) in [5.74, 6) is -0.342. The molecule has 1 aromatic carbocycles. The van der Waals surface area contributed by atoms with Crippen LogP contribution in [-0.2, 0) is 16.0 Å². The highest BCUT2D eigenvalue weighted by Gasteiger charge is 2.06. The number of carbonyl (C=O) groups excluding carboxylic acids is 1. The number of fused-ring (bicyclic) bond motifs is 1. The normalized spacial score (nSPS) is 10.4. The van der Waals surface area contributed by atoms with Crippen LogP contribution in [0.5, 0.6) is 0 Å². The molecule has 88 valence electrons. The number of benzene rings is 1. The molecule has 17 heavy (non-hydrogen) atoms. The molecule has 0 aliphatic rings. The SMILES string of the molecule is C=C(C)C(=O)OCCc1nc2ccccc2s1. The maximum Gasteiger partial charge on any atom is 0.333 e. The van der Waals surface area contributed by atoms with Crippen LogP contribution in [0.25, 0.3) is 10.2 Å². The van der Waals surface area contributed by atoms with E-state index in [4.69, 9.17) is 4.74 Å². The zero-order valence-corrected chi connectivity index (χ0v) is 10.4. The van der Waals surface area contributed by atoms with Gasteiger partial charge in [0, 0.05) is 12.0 Å². The molecule has 0 spiro atoms. The highest BCUT2D eigenvalue weighted by Crippen LogP contribution is 2.21. The molecule has 0 unspecified atom stereocenters. The van der Waals surface area contributed by atoms with Gasteiger partial charge in [0.2, 0.25) is 0 Å². The quantitative estimate of drug-likeness (QED) is 0.616. The number of para-hydroxylation sites is 1. The Morgan fingerprint density at radius 1 is 1.47 bits per heavy atom. The Morgan fingerprint density at radius 2 is 2.24 bits per heavy atom. The summed E-state index contributed by atoms with van der Waals surface area (Å²) < 4.78 is 6.19. The van der Waals surface area contributed by atoms with E-state index in [0.29, 0.717) is 18.6 Å². The summed E-state index contributed by atoms with van der Waals surface area (Å²) >= 11 is 1.63. The molecule has 0 saturated carbocycles. The lowest BCUT2D eigenvalue weighted by molar-refractivity contribution is -0.138. The average Bonchev–Trinajstić information content (AvgIpc) is 2.71. The first kappa shape index (κ1) is 11.8. The molecule has 0 N–H and O–H groups in total. The Labute approximate surface area is 104 Å². The molecule has 0 saturated heterocycles. The fourth-order valence-corrected chi connectivity index (χ4v) is 2.33. The second kappa shape index (κ2) is 5.10. The minimum atomic E-state index is -0.342. The number of carbonyl (C=O) groups is 1. The Balaban J connectivity index is 1.95. The van der Waals surface area contributed by atoms with E-state index in [1.54, 1.807) is 18.3 Å². The third-order valence-electron chi connectivity index (χ3n) is 2.24. The van der Waals surface area contributed by atoms with E-state index in [1.807, 2.05) is 24.3 Å². The van der Waals surface area contributed by atoms with Crippen LogP contribution in [-0.4, -0.2) is 17.6 Å². The van der Waals surface area contributed by atoms with Crippen LogP contribution in [0.15, 0.2) is 36.4 Å². The summed E-state index contributed by atoms with van der Waals surface area (Å²) in [5.41, 5.74) is 1.42. The predicted octanol–water partition coefficient (Wildman–Crippen LogP) is 2.96. The van der Waals surface area contributed by atoms with Crippen molar-refractivity contribution in [2.45, 2.75) is 13.3 Å². The van der Waals surface area contributed by atoms with Gasteiger partial charge in [-0.3, -0.25) is 0 Å². The highest BCUT2D eigenvalue weighted by molar-refractivity contribution is 7.18. The van der Waals surface area contributed by atoms with Crippen molar-refractivity contribution in [2.75, 3.05) is 6.61 Å². The lowest BCUT2D eigenvalue weighted by atomic mass is 10.3. The molecule has 0 fully saturated rings. The summed E-state index contributed by atoms with van der Waals surface area (Å²) in [6, 6.07) is 7.98. The van der Waals surface area contributed by atoms with Gasteiger partial charge in [-0.1, -0.05) is 18.7 Å². The first-order valence-electron chi connectivity index (χ1n) is 5.34. The summed E-state index contributed by atoms with van der Waals surface area (Å²) in [6.45, 7) is 5.52. The number of nitrogens with zero attached hydrogens (tertiary/aromatic N) is 1. The topological polar surface area (TPSA) is 39.2 Å². The maximum absolute atomic E-state index is 11.2. The van der Waals surface area contributed by atoms with Crippen LogP contribution in [0.1, 0.15) is 11.9 Å². The van der Waals surface area contributed by atoms with E-state index in [2.05, 4.69) is 11.6 Å². The smallest absolute Gasteiger partial charge is 0.333 e. The summed E-state index contributed by atoms with van der Waals surface area (Å²) in [4.78, 5) is 15.6. The molecule has 4 heteroatoms. The number of thiazole rings is 1. The minimum absolute atomic E-state index is 0.342. The van der Waals surface area contributed by atoms with Crippen molar-refractivity contribution in [3.8, 4) is 0 Å². The molecule has 0 amide bonds. The van der Waals surface area contributed by atoms with Crippen molar-refractivity contribution in [1.82, 2.24) is 4.98 Å². The van der Waals surface area contributed by atoms with E-state index < -0.39 is 0 Å². The fourth-order valence-electron chi connectivity index (χ4n) is 1.38. The van der Waals surface area contributed by atoms with Crippen molar-refractivity contribution in [3.05, 3.63) is 41.4 Å². The van der Waals surface area contributed by atoms with Gasteiger partial charge < -0.3 is 4.74 Å². The van der Waals surface area contributed by atoms with Crippen molar-refractivity contribution < 1.29 is 9.53 Å². The van der Waals surface area contributed by atoms with Crippen molar-refractivity contribution in [1.29, 1.82) is 0 Å². The van der Waals surface area contributed by atoms with Crippen LogP contribution in [0, 0.1) is 0 Å². The van der Waals surface area contributed by atoms with Crippen LogP contribution < -0.4 is 0 Å². The monoisotopic (exact) mass is 247 g/mol. The van der Waals surface area contributed by atoms with Crippen LogP contribution in [0.3, 0.4) is 0 Å². The van der Waals surface area contributed by atoms with Gasteiger partial charge >= 0.3 is 5.97 Å². The largest absolute Gasteiger partial charge is 0.462 e. The molecule has 0 aliphatic carbocycles. The summed E-state index contributed by atoms with van der Waals surface area (Å²) in [7, 11) is 0. The van der Waals surface area contributed by atoms with Crippen molar-refractivity contribution in [3.63, 3.8) is 0 Å². The van der Waals surface area contributed by atoms with Crippen molar-refractivity contribution >= 4 is 27.5 Å². The van der Waals surface area contributed by atoms with E-state index in [9.17, 15) is 4.79 Å². The van der Waals surface area contributed by atoms with E-state index >= 15 is 0 Å². The van der Waals surface area contributed by atoms with Gasteiger partial charge in [-0.15, -0.1) is 11.3 Å². The predicted molar refractivity (Wildman–Crippen MR) is 69.1 cm³/mol. The molecule has 3 nitrogen and oxygen atoms in total. The Hall–Kier alpha value is -1.68. The number of rotatable bonds is 4. The number of hydrogen-bond donors (Lipinski definition) is 0. The number of aromatic nitrogens is 1. The molecule has 0 aliphatic heterocycles.